The average molecular weight is 208 g/mol. The summed E-state index contributed by atoms with van der Waals surface area (Å²) in [6.45, 7) is 5.27. The van der Waals surface area contributed by atoms with Gasteiger partial charge in [0, 0.05) is 2.74 Å². The summed E-state index contributed by atoms with van der Waals surface area (Å²) in [7, 11) is 0. The Morgan fingerprint density at radius 1 is 1.33 bits per heavy atom. The summed E-state index contributed by atoms with van der Waals surface area (Å²) in [5.74, 6) is -1.55. The fourth-order valence-electron chi connectivity index (χ4n) is 1.34. The van der Waals surface area contributed by atoms with Gasteiger partial charge in [-0.3, -0.25) is 4.79 Å². The Bertz CT molecular complexity index is 396. The van der Waals surface area contributed by atoms with Crippen molar-refractivity contribution in [2.45, 2.75) is 33.1 Å². The monoisotopic (exact) mass is 208 g/mol. The van der Waals surface area contributed by atoms with E-state index in [0.717, 1.165) is 0 Å². The van der Waals surface area contributed by atoms with Crippen molar-refractivity contribution in [2.75, 3.05) is 0 Å². The molecule has 1 atom stereocenters. The Labute approximate surface area is 93.8 Å². The Morgan fingerprint density at radius 3 is 2.27 bits per heavy atom. The molecule has 0 spiro atoms. The number of carboxylic acids is 1. The summed E-state index contributed by atoms with van der Waals surface area (Å²) in [6, 6.07) is 6.73. The van der Waals surface area contributed by atoms with Crippen LogP contribution >= 0.6 is 0 Å². The van der Waals surface area contributed by atoms with Crippen molar-refractivity contribution in [3.05, 3.63) is 35.4 Å². The minimum atomic E-state index is -1.38. The molecule has 2 nitrogen and oxygen atoms in total. The lowest BCUT2D eigenvalue weighted by molar-refractivity contribution is -0.138. The van der Waals surface area contributed by atoms with Crippen LogP contribution in [-0.4, -0.2) is 11.1 Å². The van der Waals surface area contributed by atoms with Crippen LogP contribution in [0.4, 0.5) is 0 Å². The molecule has 0 radical (unpaired) electrons. The second-order valence-corrected chi connectivity index (χ2v) is 3.98. The highest BCUT2D eigenvalue weighted by molar-refractivity contribution is 5.75. The van der Waals surface area contributed by atoms with Gasteiger partial charge < -0.3 is 5.11 Å². The molecule has 2 heteroatoms. The van der Waals surface area contributed by atoms with E-state index in [0.29, 0.717) is 11.1 Å². The zero-order valence-corrected chi connectivity index (χ0v) is 9.32. The smallest absolute Gasteiger partial charge is 0.310 e. The number of rotatable bonds is 4. The SMILES string of the molecule is [2H]C([2H])(c1ccc([C@H](C)C(=O)O)cc1)C(C)C. The van der Waals surface area contributed by atoms with E-state index in [1.165, 1.54) is 0 Å². The van der Waals surface area contributed by atoms with Crippen LogP contribution < -0.4 is 0 Å². The summed E-state index contributed by atoms with van der Waals surface area (Å²) in [5, 5.41) is 8.88. The second-order valence-electron chi connectivity index (χ2n) is 3.98. The lowest BCUT2D eigenvalue weighted by Crippen LogP contribution is -2.07. The van der Waals surface area contributed by atoms with Gasteiger partial charge in [0.1, 0.15) is 0 Å². The fraction of sp³-hybridized carbons (Fsp3) is 0.462. The van der Waals surface area contributed by atoms with Gasteiger partial charge in [0.2, 0.25) is 0 Å². The number of aliphatic carboxylic acids is 1. The van der Waals surface area contributed by atoms with Crippen molar-refractivity contribution in [3.8, 4) is 0 Å². The predicted molar refractivity (Wildman–Crippen MR) is 61.0 cm³/mol. The van der Waals surface area contributed by atoms with Gasteiger partial charge >= 0.3 is 5.97 Å². The molecular formula is C13H18O2. The first kappa shape index (κ1) is 8.96. The van der Waals surface area contributed by atoms with E-state index in [-0.39, 0.29) is 5.92 Å². The number of hydrogen-bond acceptors (Lipinski definition) is 1. The van der Waals surface area contributed by atoms with Crippen LogP contribution in [0.5, 0.6) is 0 Å². The number of hydrogen-bond donors (Lipinski definition) is 1. The topological polar surface area (TPSA) is 37.3 Å². The van der Waals surface area contributed by atoms with Gasteiger partial charge in [-0.1, -0.05) is 38.1 Å². The van der Waals surface area contributed by atoms with Gasteiger partial charge in [0.25, 0.3) is 0 Å². The lowest BCUT2D eigenvalue weighted by Gasteiger charge is -2.09. The van der Waals surface area contributed by atoms with Crippen LogP contribution in [0.15, 0.2) is 24.3 Å². The molecule has 0 aliphatic heterocycles. The molecule has 0 fully saturated rings. The quantitative estimate of drug-likeness (QED) is 0.825. The number of benzene rings is 1. The molecule has 0 unspecified atom stereocenters. The van der Waals surface area contributed by atoms with Gasteiger partial charge in [0.15, 0.2) is 0 Å². The molecule has 0 aromatic heterocycles. The van der Waals surface area contributed by atoms with Crippen molar-refractivity contribution in [1.29, 1.82) is 0 Å². The van der Waals surface area contributed by atoms with E-state index >= 15 is 0 Å². The molecule has 0 saturated carbocycles. The number of carboxylic acid groups (broad SMARTS) is 1. The minimum absolute atomic E-state index is 0.120. The molecule has 1 aromatic rings. The van der Waals surface area contributed by atoms with Gasteiger partial charge in [-0.2, -0.15) is 0 Å². The summed E-state index contributed by atoms with van der Waals surface area (Å²) in [6.07, 6.45) is -1.38. The molecular weight excluding hydrogens is 188 g/mol. The molecule has 1 aromatic carbocycles. The van der Waals surface area contributed by atoms with Crippen molar-refractivity contribution < 1.29 is 12.6 Å². The largest absolute Gasteiger partial charge is 0.481 e. The van der Waals surface area contributed by atoms with E-state index in [4.69, 9.17) is 7.85 Å². The van der Waals surface area contributed by atoms with E-state index in [2.05, 4.69) is 0 Å². The predicted octanol–water partition coefficient (Wildman–Crippen LogP) is 3.07. The first-order chi connectivity index (χ1) is 7.76. The van der Waals surface area contributed by atoms with E-state index in [1.54, 1.807) is 31.2 Å². The summed E-state index contributed by atoms with van der Waals surface area (Å²) in [4.78, 5) is 10.8. The summed E-state index contributed by atoms with van der Waals surface area (Å²) in [5.41, 5.74) is 1.29. The van der Waals surface area contributed by atoms with Crippen molar-refractivity contribution in [3.63, 3.8) is 0 Å². The molecule has 1 rings (SSSR count). The second kappa shape index (κ2) is 4.96. The molecule has 0 aliphatic rings. The van der Waals surface area contributed by atoms with Gasteiger partial charge in [0.05, 0.1) is 5.92 Å². The zero-order valence-electron chi connectivity index (χ0n) is 11.3. The maximum absolute atomic E-state index is 10.8. The average Bonchev–Trinajstić information content (AvgIpc) is 2.27. The standard InChI is InChI=1S/C13H18O2/c1-9(2)8-11-4-6-12(7-5-11)10(3)13(14)15/h4-7,9-10H,8H2,1-3H3,(H,14,15)/t10-/m0/s1/i8D2. The van der Waals surface area contributed by atoms with Crippen LogP contribution in [-0.2, 0) is 11.2 Å². The highest BCUT2D eigenvalue weighted by atomic mass is 16.4. The van der Waals surface area contributed by atoms with Gasteiger partial charge in [-0.15, -0.1) is 0 Å². The van der Waals surface area contributed by atoms with Crippen molar-refractivity contribution >= 4 is 5.97 Å². The lowest BCUT2D eigenvalue weighted by atomic mass is 9.97. The molecule has 15 heavy (non-hydrogen) atoms. The number of carbonyl (C=O) groups is 1. The summed E-state index contributed by atoms with van der Waals surface area (Å²) < 4.78 is 15.9. The Hall–Kier alpha value is -1.31. The molecule has 1 N–H and O–H groups in total. The molecule has 82 valence electrons. The molecule has 0 saturated heterocycles. The normalized spacial score (nSPS) is 15.7. The summed E-state index contributed by atoms with van der Waals surface area (Å²) >= 11 is 0. The van der Waals surface area contributed by atoms with Crippen LogP contribution in [0.3, 0.4) is 0 Å². The maximum atomic E-state index is 10.8. The Kier molecular flexibility index (Phi) is 2.96. The molecule has 0 amide bonds. The highest BCUT2D eigenvalue weighted by Crippen LogP contribution is 2.17. The van der Waals surface area contributed by atoms with E-state index < -0.39 is 18.3 Å². The highest BCUT2D eigenvalue weighted by Gasteiger charge is 2.12. The van der Waals surface area contributed by atoms with Crippen LogP contribution in [0.1, 0.15) is 40.6 Å². The molecule has 0 heterocycles. The van der Waals surface area contributed by atoms with Crippen molar-refractivity contribution in [2.24, 2.45) is 5.92 Å². The van der Waals surface area contributed by atoms with E-state index in [1.807, 2.05) is 13.8 Å². The van der Waals surface area contributed by atoms with E-state index in [9.17, 15) is 4.79 Å². The van der Waals surface area contributed by atoms with Gasteiger partial charge in [-0.25, -0.2) is 0 Å². The first-order valence-electron chi connectivity index (χ1n) is 6.10. The van der Waals surface area contributed by atoms with Crippen LogP contribution in [0.2, 0.25) is 0 Å². The third-order valence-electron chi connectivity index (χ3n) is 2.24. The van der Waals surface area contributed by atoms with Crippen LogP contribution in [0.25, 0.3) is 0 Å². The van der Waals surface area contributed by atoms with Crippen molar-refractivity contribution in [1.82, 2.24) is 0 Å². The fourth-order valence-corrected chi connectivity index (χ4v) is 1.34. The Balaban J connectivity index is 3.00. The maximum Gasteiger partial charge on any atom is 0.310 e. The minimum Gasteiger partial charge on any atom is -0.481 e. The zero-order chi connectivity index (χ0) is 13.2. The molecule has 0 bridgehead atoms. The van der Waals surface area contributed by atoms with Crippen LogP contribution in [0, 0.1) is 5.92 Å². The third-order valence-corrected chi connectivity index (χ3v) is 2.24. The Morgan fingerprint density at radius 2 is 1.87 bits per heavy atom. The molecule has 0 aliphatic carbocycles. The third kappa shape index (κ3) is 3.39. The van der Waals surface area contributed by atoms with Gasteiger partial charge in [-0.05, 0) is 30.3 Å². The first-order valence-corrected chi connectivity index (χ1v) is 5.10.